The van der Waals surface area contributed by atoms with E-state index in [-0.39, 0.29) is 43.2 Å². The van der Waals surface area contributed by atoms with E-state index >= 15 is 4.39 Å². The summed E-state index contributed by atoms with van der Waals surface area (Å²) in [6.07, 6.45) is 0.0586. The van der Waals surface area contributed by atoms with Gasteiger partial charge in [-0.2, -0.15) is 0 Å². The number of carbonyl (C=O) groups is 1. The summed E-state index contributed by atoms with van der Waals surface area (Å²) >= 11 is 0. The molecule has 11 heteroatoms. The summed E-state index contributed by atoms with van der Waals surface area (Å²) in [6.45, 7) is 6.50. The summed E-state index contributed by atoms with van der Waals surface area (Å²) < 4.78 is 44.3. The third-order valence-electron chi connectivity index (χ3n) is 7.46. The number of aryl methyl sites for hydroxylation is 1. The third-order valence-corrected chi connectivity index (χ3v) is 7.46. The van der Waals surface area contributed by atoms with Crippen LogP contribution in [-0.4, -0.2) is 45.2 Å². The van der Waals surface area contributed by atoms with Crippen LogP contribution in [0.15, 0.2) is 60.7 Å². The number of halogens is 3. The van der Waals surface area contributed by atoms with Crippen LogP contribution in [0.2, 0.25) is 0 Å². The minimum atomic E-state index is -2.70. The number of anilines is 3. The quantitative estimate of drug-likeness (QED) is 0.200. The maximum atomic E-state index is 16.1. The average molecular weight is 578 g/mol. The van der Waals surface area contributed by atoms with Crippen LogP contribution in [0.3, 0.4) is 0 Å². The van der Waals surface area contributed by atoms with Crippen LogP contribution in [0, 0.1) is 18.7 Å². The summed E-state index contributed by atoms with van der Waals surface area (Å²) in [5.41, 5.74) is 3.79. The fourth-order valence-corrected chi connectivity index (χ4v) is 5.40. The number of tetrazole rings is 1. The summed E-state index contributed by atoms with van der Waals surface area (Å²) in [5.74, 6) is -2.71. The highest BCUT2D eigenvalue weighted by molar-refractivity contribution is 6.03. The number of benzene rings is 3. The highest BCUT2D eigenvalue weighted by Crippen LogP contribution is 2.42. The van der Waals surface area contributed by atoms with Gasteiger partial charge in [0.05, 0.1) is 11.4 Å². The summed E-state index contributed by atoms with van der Waals surface area (Å²) in [7, 11) is 0. The lowest BCUT2D eigenvalue weighted by molar-refractivity contribution is -0.0382. The Bertz CT molecular complexity index is 1510. The Morgan fingerprint density at radius 1 is 1.02 bits per heavy atom. The third kappa shape index (κ3) is 6.72. The van der Waals surface area contributed by atoms with Crippen molar-refractivity contribution in [2.75, 3.05) is 22.1 Å². The molecule has 1 aromatic heterocycles. The van der Waals surface area contributed by atoms with E-state index in [0.29, 0.717) is 40.6 Å². The highest BCUT2D eigenvalue weighted by Gasteiger charge is 2.38. The first-order valence-corrected chi connectivity index (χ1v) is 14.1. The second-order valence-electron chi connectivity index (χ2n) is 11.2. The second-order valence-corrected chi connectivity index (χ2v) is 11.2. The molecule has 8 nitrogen and oxygen atoms in total. The van der Waals surface area contributed by atoms with Crippen LogP contribution in [-0.2, 0) is 0 Å². The van der Waals surface area contributed by atoms with Crippen molar-refractivity contribution >= 4 is 23.1 Å². The molecule has 4 aromatic rings. The van der Waals surface area contributed by atoms with Gasteiger partial charge in [-0.25, -0.2) is 23.1 Å². The molecule has 0 spiro atoms. The molecule has 0 bridgehead atoms. The molecule has 1 saturated carbocycles. The largest absolute Gasteiger partial charge is 0.367 e. The van der Waals surface area contributed by atoms with Crippen molar-refractivity contribution in [1.29, 1.82) is 0 Å². The lowest BCUT2D eigenvalue weighted by Crippen LogP contribution is -2.43. The second kappa shape index (κ2) is 12.2. The molecule has 5 rings (SSSR count). The number of H-pyrrole nitrogens is 1. The SMILES string of the molecule is Cc1ccc(NC(=O)Nc2cc(-c3ccccc3-c3nnn[nH]3)c(F)cc2N(CC(C)C)C2CCC(F)(F)CC2)cc1. The Morgan fingerprint density at radius 3 is 2.36 bits per heavy atom. The van der Waals surface area contributed by atoms with Crippen molar-refractivity contribution in [2.24, 2.45) is 5.92 Å². The van der Waals surface area contributed by atoms with Gasteiger partial charge in [0.1, 0.15) is 5.82 Å². The molecule has 0 atom stereocenters. The van der Waals surface area contributed by atoms with Crippen molar-refractivity contribution < 1.29 is 18.0 Å². The van der Waals surface area contributed by atoms with E-state index in [9.17, 15) is 13.6 Å². The predicted molar refractivity (Wildman–Crippen MR) is 158 cm³/mol. The molecular formula is C31H34F3N7O. The van der Waals surface area contributed by atoms with Crippen LogP contribution >= 0.6 is 0 Å². The molecule has 0 aliphatic heterocycles. The molecule has 3 aromatic carbocycles. The van der Waals surface area contributed by atoms with Gasteiger partial charge in [-0.15, -0.1) is 5.10 Å². The van der Waals surface area contributed by atoms with Crippen LogP contribution in [0.4, 0.5) is 35.0 Å². The Labute approximate surface area is 242 Å². The van der Waals surface area contributed by atoms with Gasteiger partial charge in [-0.1, -0.05) is 55.8 Å². The normalized spacial score (nSPS) is 15.0. The molecule has 0 unspecified atom stereocenters. The van der Waals surface area contributed by atoms with Gasteiger partial charge in [0, 0.05) is 42.2 Å². The van der Waals surface area contributed by atoms with Gasteiger partial charge in [0.25, 0.3) is 0 Å². The molecule has 0 radical (unpaired) electrons. The monoisotopic (exact) mass is 577 g/mol. The first-order valence-electron chi connectivity index (χ1n) is 14.1. The Balaban J connectivity index is 1.58. The number of urea groups is 1. The lowest BCUT2D eigenvalue weighted by atomic mass is 9.89. The van der Waals surface area contributed by atoms with Gasteiger partial charge in [0.2, 0.25) is 5.92 Å². The Kier molecular flexibility index (Phi) is 8.46. The summed E-state index contributed by atoms with van der Waals surface area (Å²) in [4.78, 5) is 15.2. The molecule has 1 heterocycles. The maximum absolute atomic E-state index is 16.1. The van der Waals surface area contributed by atoms with E-state index in [2.05, 4.69) is 31.3 Å². The minimum absolute atomic E-state index is 0.157. The van der Waals surface area contributed by atoms with Crippen molar-refractivity contribution in [3.05, 3.63) is 72.0 Å². The van der Waals surface area contributed by atoms with Gasteiger partial charge in [0.15, 0.2) is 5.82 Å². The Morgan fingerprint density at radius 2 is 1.71 bits per heavy atom. The number of alkyl halides is 2. The standard InChI is InChI=1S/C31H34F3N7O/c1-19(2)18-41(22-12-14-31(33,34)15-13-22)28-17-26(32)25(23-6-4-5-7-24(23)29-37-39-40-38-29)16-27(28)36-30(42)35-21-10-8-20(3)9-11-21/h4-11,16-17,19,22H,12-15,18H2,1-3H3,(H2,35,36,42)(H,37,38,39,40). The molecule has 3 N–H and O–H groups in total. The molecule has 42 heavy (non-hydrogen) atoms. The number of rotatable bonds is 8. The number of nitrogens with one attached hydrogen (secondary N) is 3. The Hall–Kier alpha value is -4.41. The molecule has 0 saturated heterocycles. The van der Waals surface area contributed by atoms with Crippen LogP contribution in [0.1, 0.15) is 45.1 Å². The molecule has 220 valence electrons. The number of amides is 2. The smallest absolute Gasteiger partial charge is 0.323 e. The zero-order chi connectivity index (χ0) is 29.9. The van der Waals surface area contributed by atoms with E-state index in [0.717, 1.165) is 5.56 Å². The van der Waals surface area contributed by atoms with E-state index < -0.39 is 17.8 Å². The van der Waals surface area contributed by atoms with E-state index in [4.69, 9.17) is 0 Å². The van der Waals surface area contributed by atoms with Crippen molar-refractivity contribution in [3.8, 4) is 22.5 Å². The van der Waals surface area contributed by atoms with Crippen molar-refractivity contribution in [2.45, 2.75) is 58.4 Å². The molecule has 2 amide bonds. The summed E-state index contributed by atoms with van der Waals surface area (Å²) in [6, 6.07) is 16.7. The number of carbonyl (C=O) groups excluding carboxylic acids is 1. The highest BCUT2D eigenvalue weighted by atomic mass is 19.3. The molecule has 1 aliphatic carbocycles. The van der Waals surface area contributed by atoms with Gasteiger partial charge < -0.3 is 15.5 Å². The van der Waals surface area contributed by atoms with Crippen LogP contribution in [0.5, 0.6) is 0 Å². The summed E-state index contributed by atoms with van der Waals surface area (Å²) in [5, 5.41) is 19.7. The zero-order valence-corrected chi connectivity index (χ0v) is 23.8. The number of aromatic nitrogens is 4. The van der Waals surface area contributed by atoms with Crippen LogP contribution < -0.4 is 15.5 Å². The first kappa shape index (κ1) is 29.1. The topological polar surface area (TPSA) is 98.8 Å². The molecule has 1 aliphatic rings. The van der Waals surface area contributed by atoms with Gasteiger partial charge >= 0.3 is 6.03 Å². The average Bonchev–Trinajstić information content (AvgIpc) is 3.49. The first-order chi connectivity index (χ1) is 20.1. The zero-order valence-electron chi connectivity index (χ0n) is 23.8. The fourth-order valence-electron chi connectivity index (χ4n) is 5.40. The van der Waals surface area contributed by atoms with Crippen LogP contribution in [0.25, 0.3) is 22.5 Å². The predicted octanol–water partition coefficient (Wildman–Crippen LogP) is 7.67. The number of nitrogens with zero attached hydrogens (tertiary/aromatic N) is 4. The van der Waals surface area contributed by atoms with E-state index in [1.807, 2.05) is 37.8 Å². The fraction of sp³-hybridized carbons (Fsp3) is 0.355. The van der Waals surface area contributed by atoms with E-state index in [1.165, 1.54) is 6.07 Å². The molecule has 1 fully saturated rings. The van der Waals surface area contributed by atoms with Crippen molar-refractivity contribution in [3.63, 3.8) is 0 Å². The lowest BCUT2D eigenvalue weighted by Gasteiger charge is -2.40. The van der Waals surface area contributed by atoms with Gasteiger partial charge in [-0.05, 0) is 65.9 Å². The molecular weight excluding hydrogens is 543 g/mol. The number of aromatic amines is 1. The van der Waals surface area contributed by atoms with Crippen molar-refractivity contribution in [1.82, 2.24) is 20.6 Å². The van der Waals surface area contributed by atoms with E-state index in [1.54, 1.807) is 42.5 Å². The number of hydrogen-bond acceptors (Lipinski definition) is 5. The maximum Gasteiger partial charge on any atom is 0.323 e. The number of hydrogen-bond donors (Lipinski definition) is 3. The minimum Gasteiger partial charge on any atom is -0.367 e. The van der Waals surface area contributed by atoms with Gasteiger partial charge in [-0.3, -0.25) is 0 Å².